The number of thiophene rings is 1. The zero-order valence-corrected chi connectivity index (χ0v) is 26.9. The Balaban J connectivity index is 1.15. The van der Waals surface area contributed by atoms with Gasteiger partial charge in [-0.2, -0.15) is 0 Å². The fourth-order valence-corrected chi connectivity index (χ4v) is 7.08. The number of benzene rings is 5. The van der Waals surface area contributed by atoms with E-state index in [1.165, 1.54) is 0 Å². The molecular formula is C42H26N6S. The van der Waals surface area contributed by atoms with Crippen molar-refractivity contribution in [1.82, 2.24) is 29.9 Å². The number of fused-ring (bicyclic) bond motifs is 3. The molecule has 0 amide bonds. The van der Waals surface area contributed by atoms with E-state index in [9.17, 15) is 0 Å². The summed E-state index contributed by atoms with van der Waals surface area (Å²) in [6, 6.07) is 51.1. The number of nitrogens with zero attached hydrogens (tertiary/aromatic N) is 6. The first-order valence-corrected chi connectivity index (χ1v) is 16.8. The van der Waals surface area contributed by atoms with Crippen LogP contribution in [0, 0.1) is 0 Å². The zero-order valence-electron chi connectivity index (χ0n) is 26.1. The van der Waals surface area contributed by atoms with Crippen molar-refractivity contribution in [2.45, 2.75) is 0 Å². The van der Waals surface area contributed by atoms with Crippen molar-refractivity contribution in [3.05, 3.63) is 158 Å². The van der Waals surface area contributed by atoms with Crippen molar-refractivity contribution < 1.29 is 0 Å². The number of aromatic nitrogens is 6. The maximum Gasteiger partial charge on any atom is 0.164 e. The van der Waals surface area contributed by atoms with Gasteiger partial charge in [-0.05, 0) is 29.3 Å². The van der Waals surface area contributed by atoms with Gasteiger partial charge >= 0.3 is 0 Å². The normalized spacial score (nSPS) is 11.3. The Morgan fingerprint density at radius 2 is 0.878 bits per heavy atom. The van der Waals surface area contributed by atoms with E-state index in [-0.39, 0.29) is 0 Å². The first kappa shape index (κ1) is 28.8. The Kier molecular flexibility index (Phi) is 7.22. The topological polar surface area (TPSA) is 77.3 Å². The van der Waals surface area contributed by atoms with Crippen LogP contribution in [0.5, 0.6) is 0 Å². The van der Waals surface area contributed by atoms with E-state index >= 15 is 0 Å². The molecule has 4 aromatic heterocycles. The first-order valence-electron chi connectivity index (χ1n) is 16.0. The molecule has 0 spiro atoms. The van der Waals surface area contributed by atoms with Crippen molar-refractivity contribution in [2.75, 3.05) is 0 Å². The maximum absolute atomic E-state index is 5.11. The molecule has 5 aromatic carbocycles. The third-order valence-electron chi connectivity index (χ3n) is 8.43. The van der Waals surface area contributed by atoms with Crippen LogP contribution in [0.15, 0.2) is 158 Å². The molecule has 0 saturated heterocycles. The molecule has 0 saturated carbocycles. The van der Waals surface area contributed by atoms with E-state index in [0.29, 0.717) is 23.3 Å². The van der Waals surface area contributed by atoms with Gasteiger partial charge in [-0.1, -0.05) is 133 Å². The minimum atomic E-state index is 0.594. The molecule has 0 unspecified atom stereocenters. The highest BCUT2D eigenvalue weighted by molar-refractivity contribution is 7.25. The van der Waals surface area contributed by atoms with Crippen molar-refractivity contribution in [1.29, 1.82) is 0 Å². The molecule has 9 rings (SSSR count). The van der Waals surface area contributed by atoms with E-state index in [1.54, 1.807) is 11.3 Å². The maximum atomic E-state index is 5.11. The third-order valence-corrected chi connectivity index (χ3v) is 9.54. The molecular weight excluding hydrogens is 621 g/mol. The summed E-state index contributed by atoms with van der Waals surface area (Å²) in [6.45, 7) is 0. The monoisotopic (exact) mass is 646 g/mol. The second kappa shape index (κ2) is 12.3. The highest BCUT2D eigenvalue weighted by Crippen LogP contribution is 2.38. The van der Waals surface area contributed by atoms with Crippen LogP contribution in [0.4, 0.5) is 0 Å². The van der Waals surface area contributed by atoms with Gasteiger partial charge in [0.15, 0.2) is 23.3 Å². The average Bonchev–Trinajstić information content (AvgIpc) is 3.57. The molecule has 0 N–H and O–H groups in total. The Labute approximate surface area is 286 Å². The summed E-state index contributed by atoms with van der Waals surface area (Å²) in [5.74, 6) is 2.48. The lowest BCUT2D eigenvalue weighted by Gasteiger charge is -2.10. The number of rotatable bonds is 6. The molecule has 49 heavy (non-hydrogen) atoms. The summed E-state index contributed by atoms with van der Waals surface area (Å²) < 4.78 is 1.03. The van der Waals surface area contributed by atoms with Crippen LogP contribution in [0.2, 0.25) is 0 Å². The lowest BCUT2D eigenvalue weighted by molar-refractivity contribution is 1.07. The summed E-state index contributed by atoms with van der Waals surface area (Å²) in [6.07, 6.45) is 1.82. The van der Waals surface area contributed by atoms with Gasteiger partial charge in [-0.3, -0.25) is 0 Å². The molecule has 7 heteroatoms. The summed E-state index contributed by atoms with van der Waals surface area (Å²) >= 11 is 1.63. The fourth-order valence-electron chi connectivity index (χ4n) is 5.99. The predicted molar refractivity (Wildman–Crippen MR) is 199 cm³/mol. The molecule has 0 bridgehead atoms. The largest absolute Gasteiger partial charge is 0.245 e. The second-order valence-electron chi connectivity index (χ2n) is 11.6. The molecule has 4 heterocycles. The first-order chi connectivity index (χ1) is 24.3. The van der Waals surface area contributed by atoms with E-state index in [4.69, 9.17) is 24.9 Å². The van der Waals surface area contributed by atoms with Crippen LogP contribution in [0.3, 0.4) is 0 Å². The van der Waals surface area contributed by atoms with Gasteiger partial charge in [-0.25, -0.2) is 29.9 Å². The van der Waals surface area contributed by atoms with Crippen LogP contribution >= 0.6 is 11.3 Å². The molecule has 230 valence electrons. The summed E-state index contributed by atoms with van der Waals surface area (Å²) in [7, 11) is 0. The number of hydrogen-bond donors (Lipinski definition) is 0. The van der Waals surface area contributed by atoms with Gasteiger partial charge in [0.05, 0.1) is 15.9 Å². The predicted octanol–water partition coefficient (Wildman–Crippen LogP) is 10.4. The molecule has 0 fully saturated rings. The molecule has 9 aromatic rings. The molecule has 0 radical (unpaired) electrons. The van der Waals surface area contributed by atoms with Crippen LogP contribution in [-0.2, 0) is 0 Å². The van der Waals surface area contributed by atoms with Crippen molar-refractivity contribution >= 4 is 31.8 Å². The van der Waals surface area contributed by atoms with Gasteiger partial charge < -0.3 is 0 Å². The minimum absolute atomic E-state index is 0.594. The average molecular weight is 647 g/mol. The van der Waals surface area contributed by atoms with E-state index < -0.39 is 0 Å². The summed E-state index contributed by atoms with van der Waals surface area (Å²) in [5, 5.41) is 1.03. The van der Waals surface area contributed by atoms with Gasteiger partial charge in [0.2, 0.25) is 0 Å². The van der Waals surface area contributed by atoms with Crippen LogP contribution < -0.4 is 0 Å². The standard InChI is InChI=1S/C42H26N6S/c1-4-12-27(13-5-1)32-18-10-19-33(26-32)41-47-39(29-16-8-3-9-17-29)46-40(48-41)31-23-21-30(22-24-31)38-44-35(28-14-6-2-7-15-28)37-36(45-38)34-20-11-25-43-42(34)49-37/h1-26H. The van der Waals surface area contributed by atoms with Crippen molar-refractivity contribution in [3.63, 3.8) is 0 Å². The molecule has 0 atom stereocenters. The Morgan fingerprint density at radius 1 is 0.367 bits per heavy atom. The Bertz CT molecular complexity index is 2590. The Hall–Kier alpha value is -6.44. The van der Waals surface area contributed by atoms with Crippen LogP contribution in [-0.4, -0.2) is 29.9 Å². The molecule has 6 nitrogen and oxygen atoms in total. The van der Waals surface area contributed by atoms with Gasteiger partial charge in [0.25, 0.3) is 0 Å². The fraction of sp³-hybridized carbons (Fsp3) is 0. The quantitative estimate of drug-likeness (QED) is 0.179. The van der Waals surface area contributed by atoms with Gasteiger partial charge in [-0.15, -0.1) is 11.3 Å². The lowest BCUT2D eigenvalue weighted by atomic mass is 10.0. The molecule has 0 aliphatic heterocycles. The van der Waals surface area contributed by atoms with E-state index in [2.05, 4.69) is 47.4 Å². The molecule has 0 aliphatic rings. The SMILES string of the molecule is c1ccc(-c2cccc(-c3nc(-c4ccccc4)nc(-c4ccc(-c5nc(-c6ccccc6)c6sc7ncccc7c6n5)cc4)n3)c2)cc1. The third kappa shape index (κ3) is 5.52. The van der Waals surface area contributed by atoms with E-state index in [0.717, 1.165) is 65.1 Å². The highest BCUT2D eigenvalue weighted by atomic mass is 32.1. The minimum Gasteiger partial charge on any atom is -0.245 e. The van der Waals surface area contributed by atoms with Crippen LogP contribution in [0.25, 0.3) is 88.4 Å². The number of hydrogen-bond acceptors (Lipinski definition) is 7. The number of pyridine rings is 1. The summed E-state index contributed by atoms with van der Waals surface area (Å²) in [4.78, 5) is 30.6. The van der Waals surface area contributed by atoms with Crippen molar-refractivity contribution in [3.8, 4) is 67.9 Å². The van der Waals surface area contributed by atoms with Gasteiger partial charge in [0, 0.05) is 39.4 Å². The smallest absolute Gasteiger partial charge is 0.164 e. The lowest BCUT2D eigenvalue weighted by Crippen LogP contribution is -2.00. The molecule has 0 aliphatic carbocycles. The highest BCUT2D eigenvalue weighted by Gasteiger charge is 2.18. The Morgan fingerprint density at radius 3 is 1.53 bits per heavy atom. The zero-order chi connectivity index (χ0) is 32.6. The second-order valence-corrected chi connectivity index (χ2v) is 12.6. The van der Waals surface area contributed by atoms with Crippen LogP contribution in [0.1, 0.15) is 0 Å². The van der Waals surface area contributed by atoms with Gasteiger partial charge in [0.1, 0.15) is 4.83 Å². The summed E-state index contributed by atoms with van der Waals surface area (Å²) in [5.41, 5.74) is 8.72. The van der Waals surface area contributed by atoms with Crippen molar-refractivity contribution in [2.24, 2.45) is 0 Å². The van der Waals surface area contributed by atoms with E-state index in [1.807, 2.05) is 115 Å².